The first-order valence-electron chi connectivity index (χ1n) is 6.33. The average Bonchev–Trinajstić information content (AvgIpc) is 2.81. The van der Waals surface area contributed by atoms with Crippen LogP contribution in [0, 0.1) is 6.42 Å². The molecule has 1 saturated carbocycles. The van der Waals surface area contributed by atoms with Crippen molar-refractivity contribution >= 4 is 16.8 Å². The first-order chi connectivity index (χ1) is 8.78. The SMILES string of the molecule is COc1cc2nc(C3CC[CH]CC3)oc2cc1N. The molecule has 0 saturated heterocycles. The Labute approximate surface area is 106 Å². The van der Waals surface area contributed by atoms with Crippen LogP contribution in [-0.2, 0) is 0 Å². The maximum Gasteiger partial charge on any atom is 0.198 e. The quantitative estimate of drug-likeness (QED) is 0.825. The Morgan fingerprint density at radius 1 is 1.33 bits per heavy atom. The minimum Gasteiger partial charge on any atom is -0.495 e. The molecule has 0 aliphatic heterocycles. The Morgan fingerprint density at radius 3 is 2.83 bits per heavy atom. The molecule has 2 aromatic rings. The van der Waals surface area contributed by atoms with Crippen LogP contribution in [0.4, 0.5) is 5.69 Å². The summed E-state index contributed by atoms with van der Waals surface area (Å²) in [5, 5.41) is 0. The lowest BCUT2D eigenvalue weighted by Crippen LogP contribution is -2.04. The topological polar surface area (TPSA) is 61.3 Å². The number of nitrogens with two attached hydrogens (primary N) is 1. The molecular formula is C14H17N2O2. The summed E-state index contributed by atoms with van der Waals surface area (Å²) in [4.78, 5) is 4.57. The Balaban J connectivity index is 1.99. The van der Waals surface area contributed by atoms with Crippen LogP contribution in [0.1, 0.15) is 37.5 Å². The first-order valence-corrected chi connectivity index (χ1v) is 6.33. The Bertz CT molecular complexity index is 556. The molecule has 0 bridgehead atoms. The van der Waals surface area contributed by atoms with Crippen molar-refractivity contribution in [3.05, 3.63) is 24.4 Å². The number of ether oxygens (including phenoxy) is 1. The van der Waals surface area contributed by atoms with Crippen LogP contribution in [0.2, 0.25) is 0 Å². The van der Waals surface area contributed by atoms with Crippen LogP contribution in [0.3, 0.4) is 0 Å². The summed E-state index contributed by atoms with van der Waals surface area (Å²) in [6.07, 6.45) is 6.88. The summed E-state index contributed by atoms with van der Waals surface area (Å²) in [7, 11) is 1.61. The van der Waals surface area contributed by atoms with Gasteiger partial charge in [-0.1, -0.05) is 0 Å². The van der Waals surface area contributed by atoms with E-state index >= 15 is 0 Å². The number of nitrogens with zero attached hydrogens (tertiary/aromatic N) is 1. The molecule has 18 heavy (non-hydrogen) atoms. The number of hydrogen-bond donors (Lipinski definition) is 1. The van der Waals surface area contributed by atoms with Gasteiger partial charge in [-0.3, -0.25) is 0 Å². The molecule has 4 heteroatoms. The van der Waals surface area contributed by atoms with Crippen molar-refractivity contribution in [2.75, 3.05) is 12.8 Å². The van der Waals surface area contributed by atoms with E-state index in [-0.39, 0.29) is 0 Å². The van der Waals surface area contributed by atoms with Crippen molar-refractivity contribution in [3.63, 3.8) is 0 Å². The van der Waals surface area contributed by atoms with Gasteiger partial charge in [0.2, 0.25) is 0 Å². The summed E-state index contributed by atoms with van der Waals surface area (Å²) in [6.45, 7) is 0. The van der Waals surface area contributed by atoms with Crippen molar-refractivity contribution < 1.29 is 9.15 Å². The van der Waals surface area contributed by atoms with E-state index in [9.17, 15) is 0 Å². The second kappa shape index (κ2) is 4.52. The lowest BCUT2D eigenvalue weighted by molar-refractivity contribution is 0.407. The van der Waals surface area contributed by atoms with Gasteiger partial charge in [0, 0.05) is 18.1 Å². The smallest absolute Gasteiger partial charge is 0.198 e. The molecular weight excluding hydrogens is 228 g/mol. The highest BCUT2D eigenvalue weighted by atomic mass is 16.5. The molecule has 1 aliphatic rings. The third-order valence-electron chi connectivity index (χ3n) is 3.54. The van der Waals surface area contributed by atoms with Crippen molar-refractivity contribution in [2.45, 2.75) is 31.6 Å². The lowest BCUT2D eigenvalue weighted by Gasteiger charge is -2.17. The van der Waals surface area contributed by atoms with Crippen LogP contribution >= 0.6 is 0 Å². The van der Waals surface area contributed by atoms with Crippen LogP contribution < -0.4 is 10.5 Å². The first kappa shape index (κ1) is 11.4. The van der Waals surface area contributed by atoms with E-state index < -0.39 is 0 Å². The summed E-state index contributed by atoms with van der Waals surface area (Å²) < 4.78 is 11.0. The largest absolute Gasteiger partial charge is 0.495 e. The van der Waals surface area contributed by atoms with E-state index in [4.69, 9.17) is 14.9 Å². The van der Waals surface area contributed by atoms with Crippen LogP contribution in [-0.4, -0.2) is 12.1 Å². The van der Waals surface area contributed by atoms with Gasteiger partial charge in [-0.15, -0.1) is 0 Å². The van der Waals surface area contributed by atoms with Crippen LogP contribution in [0.5, 0.6) is 5.75 Å². The zero-order valence-corrected chi connectivity index (χ0v) is 10.5. The lowest BCUT2D eigenvalue weighted by atomic mass is 9.89. The molecule has 95 valence electrons. The van der Waals surface area contributed by atoms with Gasteiger partial charge >= 0.3 is 0 Å². The fourth-order valence-corrected chi connectivity index (χ4v) is 2.51. The third-order valence-corrected chi connectivity index (χ3v) is 3.54. The van der Waals surface area contributed by atoms with Crippen molar-refractivity contribution in [1.82, 2.24) is 4.98 Å². The van der Waals surface area contributed by atoms with Gasteiger partial charge in [-0.25, -0.2) is 4.98 Å². The monoisotopic (exact) mass is 245 g/mol. The highest BCUT2D eigenvalue weighted by Gasteiger charge is 2.21. The van der Waals surface area contributed by atoms with Gasteiger partial charge in [0.1, 0.15) is 11.3 Å². The maximum absolute atomic E-state index is 5.87. The molecule has 1 fully saturated rings. The van der Waals surface area contributed by atoms with E-state index in [1.165, 1.54) is 0 Å². The number of aromatic nitrogens is 1. The molecule has 2 N–H and O–H groups in total. The Hall–Kier alpha value is -1.71. The van der Waals surface area contributed by atoms with Gasteiger partial charge in [0.15, 0.2) is 11.5 Å². The normalized spacial score (nSPS) is 17.2. The van der Waals surface area contributed by atoms with Crippen molar-refractivity contribution in [1.29, 1.82) is 0 Å². The fraction of sp³-hybridized carbons (Fsp3) is 0.429. The molecule has 1 aromatic carbocycles. The van der Waals surface area contributed by atoms with E-state index in [0.29, 0.717) is 17.4 Å². The van der Waals surface area contributed by atoms with Crippen LogP contribution in [0.25, 0.3) is 11.1 Å². The molecule has 1 radical (unpaired) electrons. The van der Waals surface area contributed by atoms with Gasteiger partial charge in [-0.05, 0) is 32.1 Å². The van der Waals surface area contributed by atoms with E-state index in [2.05, 4.69) is 11.4 Å². The van der Waals surface area contributed by atoms with Gasteiger partial charge in [-0.2, -0.15) is 0 Å². The molecule has 1 aliphatic carbocycles. The Kier molecular flexibility index (Phi) is 2.86. The third kappa shape index (κ3) is 1.92. The Morgan fingerprint density at radius 2 is 2.11 bits per heavy atom. The van der Waals surface area contributed by atoms with E-state index in [1.807, 2.05) is 6.07 Å². The second-order valence-corrected chi connectivity index (χ2v) is 4.75. The minimum atomic E-state index is 0.439. The highest BCUT2D eigenvalue weighted by Crippen LogP contribution is 2.35. The summed E-state index contributed by atoms with van der Waals surface area (Å²) in [6, 6.07) is 3.63. The number of rotatable bonds is 2. The molecule has 0 atom stereocenters. The van der Waals surface area contributed by atoms with Crippen LogP contribution in [0.15, 0.2) is 16.5 Å². The van der Waals surface area contributed by atoms with Crippen molar-refractivity contribution in [2.24, 2.45) is 0 Å². The number of nitrogen functional groups attached to an aromatic ring is 1. The molecule has 1 aromatic heterocycles. The predicted molar refractivity (Wildman–Crippen MR) is 70.5 cm³/mol. The number of hydrogen-bond acceptors (Lipinski definition) is 4. The number of fused-ring (bicyclic) bond motifs is 1. The number of benzene rings is 1. The zero-order valence-electron chi connectivity index (χ0n) is 10.5. The number of anilines is 1. The molecule has 0 unspecified atom stereocenters. The van der Waals surface area contributed by atoms with E-state index in [0.717, 1.165) is 42.7 Å². The predicted octanol–water partition coefficient (Wildman–Crippen LogP) is 3.28. The van der Waals surface area contributed by atoms with Crippen molar-refractivity contribution in [3.8, 4) is 5.75 Å². The van der Waals surface area contributed by atoms with Gasteiger partial charge in [0.25, 0.3) is 0 Å². The summed E-state index contributed by atoms with van der Waals surface area (Å²) in [5.41, 5.74) is 8.03. The second-order valence-electron chi connectivity index (χ2n) is 4.75. The van der Waals surface area contributed by atoms with Gasteiger partial charge in [0.05, 0.1) is 12.8 Å². The summed E-state index contributed by atoms with van der Waals surface area (Å²) in [5.74, 6) is 1.93. The maximum atomic E-state index is 5.87. The van der Waals surface area contributed by atoms with Gasteiger partial charge < -0.3 is 14.9 Å². The minimum absolute atomic E-state index is 0.439. The molecule has 0 amide bonds. The molecule has 1 heterocycles. The average molecular weight is 245 g/mol. The standard InChI is InChI=1S/C14H17N2O2/c1-17-12-8-11-13(7-10(12)15)18-14(16-11)9-5-3-2-4-6-9/h2,7-9H,3-6,15H2,1H3. The summed E-state index contributed by atoms with van der Waals surface area (Å²) >= 11 is 0. The molecule has 4 nitrogen and oxygen atoms in total. The zero-order chi connectivity index (χ0) is 12.5. The molecule has 0 spiro atoms. The number of oxazole rings is 1. The number of methoxy groups -OCH3 is 1. The highest BCUT2D eigenvalue weighted by molar-refractivity contribution is 5.80. The molecule has 3 rings (SSSR count). The fourth-order valence-electron chi connectivity index (χ4n) is 2.51. The van der Waals surface area contributed by atoms with E-state index in [1.54, 1.807) is 13.2 Å².